The molecule has 1 unspecified atom stereocenters. The van der Waals surface area contributed by atoms with Crippen LogP contribution in [0.15, 0.2) is 12.7 Å². The highest BCUT2D eigenvalue weighted by molar-refractivity contribution is 4.87. The Morgan fingerprint density at radius 3 is 1.96 bits per heavy atom. The summed E-state index contributed by atoms with van der Waals surface area (Å²) in [5, 5.41) is 12.2. The van der Waals surface area contributed by atoms with Gasteiger partial charge in [0.2, 0.25) is 0 Å². The van der Waals surface area contributed by atoms with Crippen molar-refractivity contribution in [3.05, 3.63) is 12.7 Å². The molecule has 2 N–H and O–H groups in total. The van der Waals surface area contributed by atoms with Crippen LogP contribution in [-0.4, -0.2) is 51.7 Å². The van der Waals surface area contributed by atoms with Gasteiger partial charge in [0.1, 0.15) is 0 Å². The molecular formula is C21H45NO3. The van der Waals surface area contributed by atoms with Crippen molar-refractivity contribution in [2.24, 2.45) is 16.2 Å². The van der Waals surface area contributed by atoms with Crippen LogP contribution in [0.25, 0.3) is 0 Å². The molecule has 4 nitrogen and oxygen atoms in total. The monoisotopic (exact) mass is 359 g/mol. The highest BCUT2D eigenvalue weighted by Crippen LogP contribution is 2.23. The Kier molecular flexibility index (Phi) is 13.8. The fourth-order valence-electron chi connectivity index (χ4n) is 2.25. The van der Waals surface area contributed by atoms with Gasteiger partial charge in [0.25, 0.3) is 0 Å². The van der Waals surface area contributed by atoms with E-state index in [9.17, 15) is 0 Å². The third-order valence-corrected chi connectivity index (χ3v) is 3.94. The minimum absolute atomic E-state index is 0.102. The van der Waals surface area contributed by atoms with Gasteiger partial charge in [0.05, 0.1) is 25.9 Å². The van der Waals surface area contributed by atoms with Crippen molar-refractivity contribution in [1.29, 1.82) is 0 Å². The zero-order chi connectivity index (χ0) is 20.1. The van der Waals surface area contributed by atoms with Gasteiger partial charge in [0.15, 0.2) is 0 Å². The van der Waals surface area contributed by atoms with Gasteiger partial charge >= 0.3 is 0 Å². The average Bonchev–Trinajstić information content (AvgIpc) is 2.45. The first-order valence-electron chi connectivity index (χ1n) is 9.34. The van der Waals surface area contributed by atoms with Gasteiger partial charge in [-0.25, -0.2) is 0 Å². The smallest absolute Gasteiger partial charge is 0.0539 e. The molecule has 0 bridgehead atoms. The Morgan fingerprint density at radius 2 is 1.56 bits per heavy atom. The largest absolute Gasteiger partial charge is 0.393 e. The standard InChI is InChI=1S/C12H27NO2.C9H18O/c1-11(2,7-13-5)9-15-10-12(3,4)8-14-6;1-5-9(3,4)7-6-8(2)10/h13H,7-10H2,1-6H3;5,8,10H,1,6-7H2,2-4H3. The molecule has 0 aliphatic carbocycles. The van der Waals surface area contributed by atoms with Gasteiger partial charge < -0.3 is 19.9 Å². The highest BCUT2D eigenvalue weighted by Gasteiger charge is 2.21. The molecule has 0 amide bonds. The predicted octanol–water partition coefficient (Wildman–Crippen LogP) is 4.28. The average molecular weight is 360 g/mol. The summed E-state index contributed by atoms with van der Waals surface area (Å²) in [5.74, 6) is 0. The maximum atomic E-state index is 8.98. The molecule has 0 fully saturated rings. The van der Waals surface area contributed by atoms with Crippen LogP contribution in [-0.2, 0) is 9.47 Å². The molecule has 0 rings (SSSR count). The number of aliphatic hydroxyl groups is 1. The van der Waals surface area contributed by atoms with E-state index in [2.05, 4.69) is 53.4 Å². The summed E-state index contributed by atoms with van der Waals surface area (Å²) in [6, 6.07) is 0. The fraction of sp³-hybridized carbons (Fsp3) is 0.905. The van der Waals surface area contributed by atoms with Crippen LogP contribution in [0.2, 0.25) is 0 Å². The SMILES string of the molecule is C=CC(C)(C)CCC(C)O.CNCC(C)(C)COCC(C)(C)COC. The van der Waals surface area contributed by atoms with E-state index < -0.39 is 0 Å². The number of ether oxygens (including phenoxy) is 2. The van der Waals surface area contributed by atoms with Crippen molar-refractivity contribution < 1.29 is 14.6 Å². The molecule has 0 aliphatic rings. The molecule has 152 valence electrons. The second-order valence-electron chi connectivity index (χ2n) is 9.36. The van der Waals surface area contributed by atoms with Crippen LogP contribution in [0.5, 0.6) is 0 Å². The first kappa shape index (κ1) is 26.8. The Balaban J connectivity index is 0. The van der Waals surface area contributed by atoms with Crippen LogP contribution < -0.4 is 5.32 Å². The van der Waals surface area contributed by atoms with E-state index in [1.165, 1.54) is 0 Å². The third-order valence-electron chi connectivity index (χ3n) is 3.94. The summed E-state index contributed by atoms with van der Waals surface area (Å²) in [4.78, 5) is 0. The van der Waals surface area contributed by atoms with Gasteiger partial charge in [-0.15, -0.1) is 6.58 Å². The van der Waals surface area contributed by atoms with Crippen molar-refractivity contribution >= 4 is 0 Å². The summed E-state index contributed by atoms with van der Waals surface area (Å²) >= 11 is 0. The van der Waals surface area contributed by atoms with E-state index in [4.69, 9.17) is 14.6 Å². The van der Waals surface area contributed by atoms with Crippen LogP contribution >= 0.6 is 0 Å². The maximum Gasteiger partial charge on any atom is 0.0539 e. The van der Waals surface area contributed by atoms with E-state index in [1.807, 2.05) is 20.0 Å². The second kappa shape index (κ2) is 12.9. The number of methoxy groups -OCH3 is 1. The van der Waals surface area contributed by atoms with Crippen molar-refractivity contribution in [2.75, 3.05) is 40.5 Å². The van der Waals surface area contributed by atoms with Gasteiger partial charge in [0, 0.05) is 24.5 Å². The van der Waals surface area contributed by atoms with Crippen LogP contribution in [0.3, 0.4) is 0 Å². The number of rotatable bonds is 12. The lowest BCUT2D eigenvalue weighted by Gasteiger charge is -2.28. The molecule has 0 aromatic heterocycles. The summed E-state index contributed by atoms with van der Waals surface area (Å²) in [6.07, 6.45) is 3.63. The molecule has 4 heteroatoms. The molecule has 1 atom stereocenters. The lowest BCUT2D eigenvalue weighted by molar-refractivity contribution is -0.0142. The topological polar surface area (TPSA) is 50.7 Å². The summed E-state index contributed by atoms with van der Waals surface area (Å²) in [7, 11) is 3.70. The lowest BCUT2D eigenvalue weighted by atomic mass is 9.87. The number of allylic oxidation sites excluding steroid dienone is 1. The quantitative estimate of drug-likeness (QED) is 0.511. The Morgan fingerprint density at radius 1 is 1.04 bits per heavy atom. The second-order valence-corrected chi connectivity index (χ2v) is 9.36. The Bertz CT molecular complexity index is 318. The van der Waals surface area contributed by atoms with Crippen molar-refractivity contribution in [3.63, 3.8) is 0 Å². The number of hydrogen-bond donors (Lipinski definition) is 2. The molecule has 25 heavy (non-hydrogen) atoms. The lowest BCUT2D eigenvalue weighted by Crippen LogP contribution is -2.33. The predicted molar refractivity (Wildman–Crippen MR) is 109 cm³/mol. The zero-order valence-corrected chi connectivity index (χ0v) is 18.4. The van der Waals surface area contributed by atoms with Crippen LogP contribution in [0.4, 0.5) is 0 Å². The first-order valence-corrected chi connectivity index (χ1v) is 9.34. The van der Waals surface area contributed by atoms with E-state index in [0.717, 1.165) is 39.2 Å². The normalized spacial score (nSPS) is 13.8. The van der Waals surface area contributed by atoms with Gasteiger partial charge in [-0.2, -0.15) is 0 Å². The number of nitrogens with one attached hydrogen (secondary N) is 1. The number of hydrogen-bond acceptors (Lipinski definition) is 4. The maximum absolute atomic E-state index is 8.98. The summed E-state index contributed by atoms with van der Waals surface area (Å²) in [5.41, 5.74) is 0.472. The molecule has 0 aliphatic heterocycles. The minimum Gasteiger partial charge on any atom is -0.393 e. The van der Waals surface area contributed by atoms with E-state index in [1.54, 1.807) is 7.11 Å². The molecule has 0 heterocycles. The first-order chi connectivity index (χ1) is 11.3. The molecule has 0 saturated carbocycles. The summed E-state index contributed by atoms with van der Waals surface area (Å²) < 4.78 is 10.9. The minimum atomic E-state index is -0.181. The molecule has 0 aromatic rings. The van der Waals surface area contributed by atoms with Gasteiger partial charge in [-0.1, -0.05) is 47.6 Å². The fourth-order valence-corrected chi connectivity index (χ4v) is 2.25. The van der Waals surface area contributed by atoms with E-state index in [-0.39, 0.29) is 22.3 Å². The Hall–Kier alpha value is -0.420. The Labute approximate surface area is 157 Å². The molecule has 0 aromatic carbocycles. The van der Waals surface area contributed by atoms with Crippen molar-refractivity contribution in [1.82, 2.24) is 5.32 Å². The van der Waals surface area contributed by atoms with Gasteiger partial charge in [-0.3, -0.25) is 0 Å². The van der Waals surface area contributed by atoms with Crippen molar-refractivity contribution in [3.8, 4) is 0 Å². The number of aliphatic hydroxyl groups excluding tert-OH is 1. The zero-order valence-electron chi connectivity index (χ0n) is 18.4. The molecule has 0 spiro atoms. The highest BCUT2D eigenvalue weighted by atomic mass is 16.5. The van der Waals surface area contributed by atoms with Crippen LogP contribution in [0.1, 0.15) is 61.3 Å². The molecular weight excluding hydrogens is 314 g/mol. The molecule has 0 radical (unpaired) electrons. The third kappa shape index (κ3) is 18.2. The van der Waals surface area contributed by atoms with Crippen LogP contribution in [0, 0.1) is 16.2 Å². The van der Waals surface area contributed by atoms with E-state index in [0.29, 0.717) is 0 Å². The molecule has 0 saturated heterocycles. The van der Waals surface area contributed by atoms with Crippen molar-refractivity contribution in [2.45, 2.75) is 67.4 Å². The van der Waals surface area contributed by atoms with E-state index >= 15 is 0 Å². The summed E-state index contributed by atoms with van der Waals surface area (Å²) in [6.45, 7) is 21.7. The van der Waals surface area contributed by atoms with Gasteiger partial charge in [-0.05, 0) is 32.2 Å².